The molecule has 0 aliphatic heterocycles. The zero-order valence-electron chi connectivity index (χ0n) is 14.0. The quantitative estimate of drug-likeness (QED) is 0.942. The van der Waals surface area contributed by atoms with Crippen LogP contribution in [0.1, 0.15) is 23.2 Å². The molecule has 1 aromatic carbocycles. The summed E-state index contributed by atoms with van der Waals surface area (Å²) in [7, 11) is 5.95. The van der Waals surface area contributed by atoms with E-state index in [1.807, 2.05) is 38.3 Å². The van der Waals surface area contributed by atoms with Crippen LogP contribution >= 0.6 is 0 Å². The predicted octanol–water partition coefficient (Wildman–Crippen LogP) is 2.24. The Balaban J connectivity index is 1.65. The van der Waals surface area contributed by atoms with Gasteiger partial charge in [-0.25, -0.2) is 0 Å². The third-order valence-corrected chi connectivity index (χ3v) is 4.59. The first kappa shape index (κ1) is 15.6. The van der Waals surface area contributed by atoms with Crippen molar-refractivity contribution in [2.75, 3.05) is 26.0 Å². The van der Waals surface area contributed by atoms with Gasteiger partial charge in [0.25, 0.3) is 0 Å². The number of anilines is 1. The molecule has 1 heterocycles. The van der Waals surface area contributed by atoms with Crippen LogP contribution in [0.25, 0.3) is 0 Å². The summed E-state index contributed by atoms with van der Waals surface area (Å²) < 4.78 is 0. The van der Waals surface area contributed by atoms with Crippen LogP contribution in [-0.2, 0) is 24.2 Å². The Hall–Kier alpha value is -2.30. The molecule has 1 aromatic heterocycles. The second-order valence-electron chi connectivity index (χ2n) is 6.57. The number of rotatable bonds is 4. The Morgan fingerprint density at radius 1 is 1.35 bits per heavy atom. The maximum absolute atomic E-state index is 12.7. The molecule has 0 saturated heterocycles. The van der Waals surface area contributed by atoms with Crippen molar-refractivity contribution >= 4 is 11.6 Å². The van der Waals surface area contributed by atoms with Gasteiger partial charge in [0.05, 0.1) is 6.20 Å². The topological polar surface area (TPSA) is 52.2 Å². The van der Waals surface area contributed by atoms with Crippen molar-refractivity contribution in [1.82, 2.24) is 15.1 Å². The predicted molar refractivity (Wildman–Crippen MR) is 91.3 cm³/mol. The van der Waals surface area contributed by atoms with Gasteiger partial charge in [-0.2, -0.15) is 5.10 Å². The summed E-state index contributed by atoms with van der Waals surface area (Å²) in [6.45, 7) is 0.646. The van der Waals surface area contributed by atoms with Crippen LogP contribution in [0.3, 0.4) is 0 Å². The molecule has 23 heavy (non-hydrogen) atoms. The average molecular weight is 312 g/mol. The van der Waals surface area contributed by atoms with Crippen molar-refractivity contribution in [3.8, 4) is 0 Å². The lowest BCUT2D eigenvalue weighted by Gasteiger charge is -2.26. The molecule has 5 nitrogen and oxygen atoms in total. The number of fused-ring (bicyclic) bond motifs is 1. The first-order valence-electron chi connectivity index (χ1n) is 8.07. The zero-order valence-corrected chi connectivity index (χ0v) is 14.0. The number of hydrogen-bond acceptors (Lipinski definition) is 3. The molecule has 1 aliphatic carbocycles. The Morgan fingerprint density at radius 3 is 2.96 bits per heavy atom. The van der Waals surface area contributed by atoms with Gasteiger partial charge in [-0.05, 0) is 36.1 Å². The largest absolute Gasteiger partial charge is 0.378 e. The normalized spacial score (nSPS) is 16.7. The molecule has 3 rings (SSSR count). The van der Waals surface area contributed by atoms with Gasteiger partial charge in [0.15, 0.2) is 0 Å². The number of carbonyl (C=O) groups is 1. The van der Waals surface area contributed by atoms with E-state index in [2.05, 4.69) is 33.3 Å². The van der Waals surface area contributed by atoms with E-state index in [1.54, 1.807) is 0 Å². The van der Waals surface area contributed by atoms with Gasteiger partial charge < -0.3 is 9.80 Å². The molecule has 1 N–H and O–H groups in total. The van der Waals surface area contributed by atoms with Crippen LogP contribution in [-0.4, -0.2) is 42.1 Å². The van der Waals surface area contributed by atoms with Gasteiger partial charge >= 0.3 is 0 Å². The number of benzene rings is 1. The van der Waals surface area contributed by atoms with Crippen LogP contribution in [0.2, 0.25) is 0 Å². The highest BCUT2D eigenvalue weighted by Crippen LogP contribution is 2.25. The summed E-state index contributed by atoms with van der Waals surface area (Å²) in [6, 6.07) is 8.33. The first-order chi connectivity index (χ1) is 11.0. The maximum atomic E-state index is 12.7. The molecule has 0 spiro atoms. The minimum atomic E-state index is 0.0602. The summed E-state index contributed by atoms with van der Waals surface area (Å²) >= 11 is 0. The van der Waals surface area contributed by atoms with Gasteiger partial charge in [0, 0.05) is 51.4 Å². The molecule has 1 atom stereocenters. The number of aromatic nitrogens is 2. The molecule has 1 unspecified atom stereocenters. The van der Waals surface area contributed by atoms with E-state index in [9.17, 15) is 4.79 Å². The van der Waals surface area contributed by atoms with E-state index in [0.717, 1.165) is 36.2 Å². The number of hydrogen-bond donors (Lipinski definition) is 1. The lowest BCUT2D eigenvalue weighted by molar-refractivity contribution is -0.135. The Bertz CT molecular complexity index is 692. The summed E-state index contributed by atoms with van der Waals surface area (Å²) in [5.74, 6) is 0.283. The number of aromatic amines is 1. The second-order valence-corrected chi connectivity index (χ2v) is 6.57. The minimum absolute atomic E-state index is 0.0602. The van der Waals surface area contributed by atoms with Crippen molar-refractivity contribution in [2.45, 2.75) is 25.8 Å². The molecule has 0 fully saturated rings. The molecular weight excluding hydrogens is 288 g/mol. The molecule has 0 radical (unpaired) electrons. The maximum Gasteiger partial charge on any atom is 0.226 e. The minimum Gasteiger partial charge on any atom is -0.378 e. The van der Waals surface area contributed by atoms with Crippen LogP contribution in [0.15, 0.2) is 30.5 Å². The monoisotopic (exact) mass is 312 g/mol. The van der Waals surface area contributed by atoms with E-state index >= 15 is 0 Å². The number of amides is 1. The van der Waals surface area contributed by atoms with Crippen LogP contribution < -0.4 is 4.90 Å². The van der Waals surface area contributed by atoms with E-state index in [-0.39, 0.29) is 11.8 Å². The smallest absolute Gasteiger partial charge is 0.226 e. The van der Waals surface area contributed by atoms with Crippen molar-refractivity contribution in [3.63, 3.8) is 0 Å². The molecule has 0 saturated carbocycles. The van der Waals surface area contributed by atoms with E-state index in [0.29, 0.717) is 6.54 Å². The van der Waals surface area contributed by atoms with E-state index < -0.39 is 0 Å². The molecule has 1 amide bonds. The third kappa shape index (κ3) is 3.38. The SMILES string of the molecule is CN(Cc1cccc(N(C)C)c1)C(=O)C1CCc2cn[nH]c2C1. The van der Waals surface area contributed by atoms with Crippen LogP contribution in [0.4, 0.5) is 5.69 Å². The standard InChI is InChI=1S/C18H24N4O/c1-21(2)16-6-4-5-13(9-16)12-22(3)18(23)14-7-8-15-11-19-20-17(15)10-14/h4-6,9,11,14H,7-8,10,12H2,1-3H3,(H,19,20). The third-order valence-electron chi connectivity index (χ3n) is 4.59. The van der Waals surface area contributed by atoms with Gasteiger partial charge in [-0.15, -0.1) is 0 Å². The molecule has 2 aromatic rings. The van der Waals surface area contributed by atoms with Crippen molar-refractivity contribution in [3.05, 3.63) is 47.3 Å². The van der Waals surface area contributed by atoms with Crippen LogP contribution in [0.5, 0.6) is 0 Å². The fourth-order valence-corrected chi connectivity index (χ4v) is 3.22. The average Bonchev–Trinajstić information content (AvgIpc) is 3.01. The van der Waals surface area contributed by atoms with Crippen LogP contribution in [0, 0.1) is 5.92 Å². The van der Waals surface area contributed by atoms with Gasteiger partial charge in [0.2, 0.25) is 5.91 Å². The lowest BCUT2D eigenvalue weighted by atomic mass is 9.87. The number of nitrogens with zero attached hydrogens (tertiary/aromatic N) is 3. The van der Waals surface area contributed by atoms with Crippen molar-refractivity contribution in [1.29, 1.82) is 0 Å². The number of aryl methyl sites for hydroxylation is 1. The summed E-state index contributed by atoms with van der Waals surface area (Å²) in [5, 5.41) is 7.11. The first-order valence-corrected chi connectivity index (χ1v) is 8.07. The molecule has 5 heteroatoms. The highest BCUT2D eigenvalue weighted by Gasteiger charge is 2.28. The zero-order chi connectivity index (χ0) is 16.4. The molecule has 122 valence electrons. The molecule has 0 bridgehead atoms. The summed E-state index contributed by atoms with van der Waals surface area (Å²) in [6.07, 6.45) is 4.50. The Labute approximate surface area is 137 Å². The van der Waals surface area contributed by atoms with Crippen molar-refractivity contribution in [2.24, 2.45) is 5.92 Å². The summed E-state index contributed by atoms with van der Waals surface area (Å²) in [5.41, 5.74) is 4.70. The number of carbonyl (C=O) groups excluding carboxylic acids is 1. The highest BCUT2D eigenvalue weighted by molar-refractivity contribution is 5.79. The lowest BCUT2D eigenvalue weighted by Crippen LogP contribution is -2.35. The Morgan fingerprint density at radius 2 is 2.17 bits per heavy atom. The Kier molecular flexibility index (Phi) is 4.37. The van der Waals surface area contributed by atoms with Gasteiger partial charge in [-0.1, -0.05) is 12.1 Å². The number of nitrogens with one attached hydrogen (secondary N) is 1. The van der Waals surface area contributed by atoms with Gasteiger partial charge in [0.1, 0.15) is 0 Å². The fraction of sp³-hybridized carbons (Fsp3) is 0.444. The molecular formula is C18H24N4O. The summed E-state index contributed by atoms with van der Waals surface area (Å²) in [4.78, 5) is 16.7. The van der Waals surface area contributed by atoms with Crippen molar-refractivity contribution < 1.29 is 4.79 Å². The molecule has 1 aliphatic rings. The second kappa shape index (κ2) is 6.44. The fourth-order valence-electron chi connectivity index (χ4n) is 3.22. The number of H-pyrrole nitrogens is 1. The van der Waals surface area contributed by atoms with E-state index in [4.69, 9.17) is 0 Å². The van der Waals surface area contributed by atoms with Gasteiger partial charge in [-0.3, -0.25) is 9.89 Å². The highest BCUT2D eigenvalue weighted by atomic mass is 16.2. The van der Waals surface area contributed by atoms with E-state index in [1.165, 1.54) is 5.56 Å².